The lowest BCUT2D eigenvalue weighted by Crippen LogP contribution is -2.52. The van der Waals surface area contributed by atoms with Crippen LogP contribution in [0.1, 0.15) is 53.0 Å². The number of para-hydroxylation sites is 1. The molecule has 1 N–H and O–H groups in total. The quantitative estimate of drug-likeness (QED) is 0.869. The first-order valence-corrected chi connectivity index (χ1v) is 8.99. The maximum absolute atomic E-state index is 12.9. The molecule has 1 fully saturated rings. The molecule has 0 bridgehead atoms. The highest BCUT2D eigenvalue weighted by Gasteiger charge is 2.46. The Hall–Kier alpha value is -1.39. The van der Waals surface area contributed by atoms with Gasteiger partial charge >= 0.3 is 0 Å². The van der Waals surface area contributed by atoms with Crippen molar-refractivity contribution in [3.8, 4) is 0 Å². The minimum absolute atomic E-state index is 0.170. The Labute approximate surface area is 145 Å². The molecular weight excluding hydrogens is 302 g/mol. The highest BCUT2D eigenvalue weighted by Crippen LogP contribution is 2.39. The maximum atomic E-state index is 12.9. The molecule has 1 amide bonds. The van der Waals surface area contributed by atoms with Crippen LogP contribution in [-0.4, -0.2) is 24.9 Å². The Bertz CT molecular complexity index is 554. The lowest BCUT2D eigenvalue weighted by atomic mass is 9.76. The Morgan fingerprint density at radius 2 is 2.04 bits per heavy atom. The van der Waals surface area contributed by atoms with Gasteiger partial charge in [0.2, 0.25) is 5.79 Å². The van der Waals surface area contributed by atoms with Gasteiger partial charge in [-0.25, -0.2) is 0 Å². The topological polar surface area (TPSA) is 47.6 Å². The van der Waals surface area contributed by atoms with Gasteiger partial charge in [0.15, 0.2) is 0 Å². The third-order valence-electron chi connectivity index (χ3n) is 4.93. The lowest BCUT2D eigenvalue weighted by Gasteiger charge is -2.42. The van der Waals surface area contributed by atoms with Gasteiger partial charge < -0.3 is 14.8 Å². The molecule has 0 aromatic heterocycles. The Morgan fingerprint density at radius 1 is 1.33 bits per heavy atom. The van der Waals surface area contributed by atoms with Crippen LogP contribution in [0.2, 0.25) is 0 Å². The van der Waals surface area contributed by atoms with Crippen LogP contribution >= 0.6 is 0 Å². The van der Waals surface area contributed by atoms with Gasteiger partial charge in [0.05, 0.1) is 6.61 Å². The summed E-state index contributed by atoms with van der Waals surface area (Å²) >= 11 is 0. The fourth-order valence-electron chi connectivity index (χ4n) is 3.20. The van der Waals surface area contributed by atoms with Crippen LogP contribution in [0.25, 0.3) is 0 Å². The van der Waals surface area contributed by atoms with E-state index in [-0.39, 0.29) is 11.3 Å². The first kappa shape index (κ1) is 18.9. The third-order valence-corrected chi connectivity index (χ3v) is 4.93. The molecule has 0 saturated carbocycles. The van der Waals surface area contributed by atoms with Crippen LogP contribution in [0.15, 0.2) is 24.3 Å². The molecule has 134 valence electrons. The Kier molecular flexibility index (Phi) is 6.05. The second-order valence-electron chi connectivity index (χ2n) is 7.56. The number of benzene rings is 1. The van der Waals surface area contributed by atoms with Crippen LogP contribution < -0.4 is 5.32 Å². The second kappa shape index (κ2) is 7.66. The molecule has 0 radical (unpaired) electrons. The van der Waals surface area contributed by atoms with E-state index in [0.29, 0.717) is 25.6 Å². The predicted molar refractivity (Wildman–Crippen MR) is 96.9 cm³/mol. The van der Waals surface area contributed by atoms with Crippen molar-refractivity contribution in [3.63, 3.8) is 0 Å². The number of hydrogen-bond acceptors (Lipinski definition) is 3. The standard InChI is InChI=1S/C20H31NO3/c1-6-15-10-8-9-11-17(15)21-18(22)20(23-7-2)13-12-16(14-24-20)19(3,4)5/h8-11,16H,6-7,12-14H2,1-5H3,(H,21,22). The summed E-state index contributed by atoms with van der Waals surface area (Å²) in [6.45, 7) is 11.6. The molecule has 0 spiro atoms. The van der Waals surface area contributed by atoms with Crippen molar-refractivity contribution < 1.29 is 14.3 Å². The Balaban J connectivity index is 2.14. The van der Waals surface area contributed by atoms with Crippen LogP contribution in [0.5, 0.6) is 0 Å². The van der Waals surface area contributed by atoms with Gasteiger partial charge in [0, 0.05) is 18.7 Å². The van der Waals surface area contributed by atoms with Gasteiger partial charge in [-0.3, -0.25) is 4.79 Å². The normalized spacial score (nSPS) is 24.6. The molecule has 1 saturated heterocycles. The van der Waals surface area contributed by atoms with Gasteiger partial charge in [-0.1, -0.05) is 45.9 Å². The molecule has 2 rings (SSSR count). The summed E-state index contributed by atoms with van der Waals surface area (Å²) in [6, 6.07) is 7.87. The van der Waals surface area contributed by atoms with Crippen LogP contribution in [-0.2, 0) is 20.7 Å². The molecule has 1 heterocycles. The van der Waals surface area contributed by atoms with Crippen molar-refractivity contribution >= 4 is 11.6 Å². The summed E-state index contributed by atoms with van der Waals surface area (Å²) in [6.07, 6.45) is 2.38. The minimum atomic E-state index is -1.17. The number of anilines is 1. The number of nitrogens with one attached hydrogen (secondary N) is 1. The smallest absolute Gasteiger partial charge is 0.284 e. The van der Waals surface area contributed by atoms with E-state index in [1.165, 1.54) is 0 Å². The molecule has 0 aliphatic carbocycles. The largest absolute Gasteiger partial charge is 0.342 e. The number of carbonyl (C=O) groups is 1. The lowest BCUT2D eigenvalue weighted by molar-refractivity contribution is -0.253. The number of aryl methyl sites for hydroxylation is 1. The van der Waals surface area contributed by atoms with E-state index >= 15 is 0 Å². The molecular formula is C20H31NO3. The molecule has 1 aliphatic heterocycles. The second-order valence-corrected chi connectivity index (χ2v) is 7.56. The zero-order valence-electron chi connectivity index (χ0n) is 15.6. The monoisotopic (exact) mass is 333 g/mol. The van der Waals surface area contributed by atoms with Gasteiger partial charge in [-0.2, -0.15) is 0 Å². The third kappa shape index (κ3) is 4.17. The number of amides is 1. The van der Waals surface area contributed by atoms with Crippen LogP contribution in [0.3, 0.4) is 0 Å². The number of rotatable bonds is 5. The summed E-state index contributed by atoms with van der Waals surface area (Å²) in [5.41, 5.74) is 2.12. The van der Waals surface area contributed by atoms with Crippen molar-refractivity contribution in [1.82, 2.24) is 0 Å². The van der Waals surface area contributed by atoms with Gasteiger partial charge in [0.1, 0.15) is 0 Å². The summed E-state index contributed by atoms with van der Waals surface area (Å²) < 4.78 is 11.8. The van der Waals surface area contributed by atoms with Gasteiger partial charge in [-0.05, 0) is 42.7 Å². The van der Waals surface area contributed by atoms with Crippen molar-refractivity contribution in [2.24, 2.45) is 11.3 Å². The van der Waals surface area contributed by atoms with E-state index in [9.17, 15) is 4.79 Å². The summed E-state index contributed by atoms with van der Waals surface area (Å²) in [7, 11) is 0. The summed E-state index contributed by atoms with van der Waals surface area (Å²) in [5.74, 6) is -0.934. The molecule has 2 atom stereocenters. The van der Waals surface area contributed by atoms with Crippen molar-refractivity contribution in [2.45, 2.75) is 59.7 Å². The molecule has 2 unspecified atom stereocenters. The highest BCUT2D eigenvalue weighted by atomic mass is 16.7. The molecule has 4 nitrogen and oxygen atoms in total. The average molecular weight is 333 g/mol. The molecule has 24 heavy (non-hydrogen) atoms. The predicted octanol–water partition coefficient (Wildman–Crippen LogP) is 4.39. The Morgan fingerprint density at radius 3 is 2.58 bits per heavy atom. The minimum Gasteiger partial charge on any atom is -0.342 e. The zero-order valence-corrected chi connectivity index (χ0v) is 15.6. The van der Waals surface area contributed by atoms with Crippen LogP contribution in [0.4, 0.5) is 5.69 Å². The number of hydrogen-bond donors (Lipinski definition) is 1. The van der Waals surface area contributed by atoms with Crippen LogP contribution in [0, 0.1) is 11.3 Å². The fraction of sp³-hybridized carbons (Fsp3) is 0.650. The fourth-order valence-corrected chi connectivity index (χ4v) is 3.20. The van der Waals surface area contributed by atoms with Crippen molar-refractivity contribution in [2.75, 3.05) is 18.5 Å². The van der Waals surface area contributed by atoms with Gasteiger partial charge in [0.25, 0.3) is 5.91 Å². The van der Waals surface area contributed by atoms with E-state index in [0.717, 1.165) is 24.1 Å². The van der Waals surface area contributed by atoms with E-state index < -0.39 is 5.79 Å². The number of carbonyl (C=O) groups excluding carboxylic acids is 1. The molecule has 1 aliphatic rings. The van der Waals surface area contributed by atoms with E-state index in [4.69, 9.17) is 9.47 Å². The first-order valence-electron chi connectivity index (χ1n) is 8.99. The number of ether oxygens (including phenoxy) is 2. The highest BCUT2D eigenvalue weighted by molar-refractivity contribution is 5.97. The molecule has 1 aromatic rings. The molecule has 4 heteroatoms. The van der Waals surface area contributed by atoms with E-state index in [1.54, 1.807) is 0 Å². The van der Waals surface area contributed by atoms with Crippen molar-refractivity contribution in [1.29, 1.82) is 0 Å². The van der Waals surface area contributed by atoms with E-state index in [1.807, 2.05) is 31.2 Å². The SMILES string of the molecule is CCOC1(C(=O)Nc2ccccc2CC)CCC(C(C)(C)C)CO1. The summed E-state index contributed by atoms with van der Waals surface area (Å²) in [4.78, 5) is 12.9. The molecule has 1 aromatic carbocycles. The van der Waals surface area contributed by atoms with Crippen molar-refractivity contribution in [3.05, 3.63) is 29.8 Å². The summed E-state index contributed by atoms with van der Waals surface area (Å²) in [5, 5.41) is 3.02. The van der Waals surface area contributed by atoms with Gasteiger partial charge in [-0.15, -0.1) is 0 Å². The van der Waals surface area contributed by atoms with E-state index in [2.05, 4.69) is 33.0 Å². The average Bonchev–Trinajstić information content (AvgIpc) is 2.55. The first-order chi connectivity index (χ1) is 11.3. The zero-order chi connectivity index (χ0) is 17.8. The maximum Gasteiger partial charge on any atom is 0.284 e.